The molecule has 0 saturated heterocycles. The summed E-state index contributed by atoms with van der Waals surface area (Å²) >= 11 is 0. The van der Waals surface area contributed by atoms with Gasteiger partial charge in [-0.1, -0.05) is 25.1 Å². The highest BCUT2D eigenvalue weighted by atomic mass is 35.5. The first-order valence-electron chi connectivity index (χ1n) is 4.24. The van der Waals surface area contributed by atoms with Crippen LogP contribution in [0.1, 0.15) is 24.8 Å². The maximum Gasteiger partial charge on any atom is 0.126 e. The Kier molecular flexibility index (Phi) is 5.67. The molecular formula is C10H15ClFN. The van der Waals surface area contributed by atoms with Crippen molar-refractivity contribution in [2.45, 2.75) is 19.3 Å². The van der Waals surface area contributed by atoms with Gasteiger partial charge in [-0.25, -0.2) is 4.39 Å². The Balaban J connectivity index is 0.00000144. The number of hydrogen-bond acceptors (Lipinski definition) is 1. The molecule has 0 bridgehead atoms. The molecule has 13 heavy (non-hydrogen) atoms. The predicted octanol–water partition coefficient (Wildman–Crippen LogP) is 2.70. The molecule has 74 valence electrons. The van der Waals surface area contributed by atoms with Crippen molar-refractivity contribution in [2.24, 2.45) is 5.73 Å². The van der Waals surface area contributed by atoms with Crippen molar-refractivity contribution in [1.82, 2.24) is 0 Å². The van der Waals surface area contributed by atoms with Gasteiger partial charge in [-0.2, -0.15) is 0 Å². The van der Waals surface area contributed by atoms with Crippen LogP contribution >= 0.6 is 12.4 Å². The number of halogens is 2. The SMILES string of the molecule is CCC(CN)c1ccccc1F.Cl. The van der Waals surface area contributed by atoms with Crippen LogP contribution in [0, 0.1) is 5.82 Å². The van der Waals surface area contributed by atoms with Gasteiger partial charge in [0.1, 0.15) is 5.82 Å². The summed E-state index contributed by atoms with van der Waals surface area (Å²) in [6.07, 6.45) is 0.886. The minimum Gasteiger partial charge on any atom is -0.330 e. The molecule has 0 aromatic heterocycles. The summed E-state index contributed by atoms with van der Waals surface area (Å²) < 4.78 is 13.2. The Labute approximate surface area is 84.5 Å². The highest BCUT2D eigenvalue weighted by Crippen LogP contribution is 2.20. The summed E-state index contributed by atoms with van der Waals surface area (Å²) in [5.74, 6) is 0.0148. The van der Waals surface area contributed by atoms with Gasteiger partial charge in [-0.3, -0.25) is 0 Å². The summed E-state index contributed by atoms with van der Waals surface area (Å²) in [5, 5.41) is 0. The van der Waals surface area contributed by atoms with Crippen LogP contribution in [0.25, 0.3) is 0 Å². The van der Waals surface area contributed by atoms with Crippen molar-refractivity contribution in [3.05, 3.63) is 35.6 Å². The molecule has 1 atom stereocenters. The molecule has 2 N–H and O–H groups in total. The highest BCUT2D eigenvalue weighted by Gasteiger charge is 2.10. The molecule has 1 rings (SSSR count). The van der Waals surface area contributed by atoms with Gasteiger partial charge in [0.2, 0.25) is 0 Å². The third-order valence-electron chi connectivity index (χ3n) is 2.12. The molecule has 0 spiro atoms. The zero-order valence-corrected chi connectivity index (χ0v) is 8.48. The monoisotopic (exact) mass is 203 g/mol. The van der Waals surface area contributed by atoms with Crippen molar-refractivity contribution < 1.29 is 4.39 Å². The number of benzene rings is 1. The summed E-state index contributed by atoms with van der Waals surface area (Å²) in [7, 11) is 0. The smallest absolute Gasteiger partial charge is 0.126 e. The molecule has 0 fully saturated rings. The van der Waals surface area contributed by atoms with E-state index < -0.39 is 0 Å². The van der Waals surface area contributed by atoms with Crippen molar-refractivity contribution >= 4 is 12.4 Å². The quantitative estimate of drug-likeness (QED) is 0.803. The largest absolute Gasteiger partial charge is 0.330 e. The van der Waals surface area contributed by atoms with Crippen LogP contribution in [0.2, 0.25) is 0 Å². The second-order valence-electron chi connectivity index (χ2n) is 2.86. The van der Waals surface area contributed by atoms with E-state index in [9.17, 15) is 4.39 Å². The summed E-state index contributed by atoms with van der Waals surface area (Å²) in [6, 6.07) is 6.82. The van der Waals surface area contributed by atoms with Crippen molar-refractivity contribution in [3.63, 3.8) is 0 Å². The average Bonchev–Trinajstić information content (AvgIpc) is 2.10. The van der Waals surface area contributed by atoms with Gasteiger partial charge in [0.25, 0.3) is 0 Å². The molecule has 0 aliphatic heterocycles. The molecule has 1 aromatic rings. The van der Waals surface area contributed by atoms with E-state index in [-0.39, 0.29) is 24.1 Å². The lowest BCUT2D eigenvalue weighted by atomic mass is 9.96. The fourth-order valence-electron chi connectivity index (χ4n) is 1.32. The minimum absolute atomic E-state index is 0. The van der Waals surface area contributed by atoms with E-state index in [1.807, 2.05) is 13.0 Å². The fraction of sp³-hybridized carbons (Fsp3) is 0.400. The Hall–Kier alpha value is -0.600. The lowest BCUT2D eigenvalue weighted by Crippen LogP contribution is -2.12. The van der Waals surface area contributed by atoms with Gasteiger partial charge in [0.05, 0.1) is 0 Å². The zero-order valence-electron chi connectivity index (χ0n) is 7.66. The van der Waals surface area contributed by atoms with Gasteiger partial charge < -0.3 is 5.73 Å². The second kappa shape index (κ2) is 5.95. The molecule has 0 amide bonds. The molecule has 1 unspecified atom stereocenters. The first-order valence-corrected chi connectivity index (χ1v) is 4.24. The van der Waals surface area contributed by atoms with E-state index in [2.05, 4.69) is 0 Å². The predicted molar refractivity (Wildman–Crippen MR) is 55.7 cm³/mol. The topological polar surface area (TPSA) is 26.0 Å². The van der Waals surface area contributed by atoms with Crippen LogP contribution in [0.3, 0.4) is 0 Å². The first-order chi connectivity index (χ1) is 5.79. The van der Waals surface area contributed by atoms with Crippen LogP contribution in [0.15, 0.2) is 24.3 Å². The molecule has 3 heteroatoms. The lowest BCUT2D eigenvalue weighted by molar-refractivity contribution is 0.570. The van der Waals surface area contributed by atoms with E-state index in [0.717, 1.165) is 12.0 Å². The van der Waals surface area contributed by atoms with Gasteiger partial charge in [-0.15, -0.1) is 12.4 Å². The zero-order chi connectivity index (χ0) is 8.97. The van der Waals surface area contributed by atoms with Crippen molar-refractivity contribution in [3.8, 4) is 0 Å². The molecule has 1 nitrogen and oxygen atoms in total. The molecule has 0 radical (unpaired) electrons. The summed E-state index contributed by atoms with van der Waals surface area (Å²) in [6.45, 7) is 2.53. The van der Waals surface area contributed by atoms with Crippen LogP contribution in [0.4, 0.5) is 4.39 Å². The molecule has 1 aromatic carbocycles. The van der Waals surface area contributed by atoms with Crippen LogP contribution in [-0.4, -0.2) is 6.54 Å². The number of nitrogens with two attached hydrogens (primary N) is 1. The molecule has 0 aliphatic rings. The minimum atomic E-state index is -0.144. The fourth-order valence-corrected chi connectivity index (χ4v) is 1.32. The lowest BCUT2D eigenvalue weighted by Gasteiger charge is -2.12. The Morgan fingerprint density at radius 3 is 2.46 bits per heavy atom. The molecule has 0 heterocycles. The first kappa shape index (κ1) is 12.4. The highest BCUT2D eigenvalue weighted by molar-refractivity contribution is 5.85. The maximum atomic E-state index is 13.2. The summed E-state index contributed by atoms with van der Waals surface area (Å²) in [4.78, 5) is 0. The Morgan fingerprint density at radius 1 is 1.38 bits per heavy atom. The van der Waals surface area contributed by atoms with E-state index in [1.54, 1.807) is 12.1 Å². The van der Waals surface area contributed by atoms with Crippen molar-refractivity contribution in [1.29, 1.82) is 0 Å². The van der Waals surface area contributed by atoms with Gasteiger partial charge in [0, 0.05) is 0 Å². The van der Waals surface area contributed by atoms with Crippen LogP contribution < -0.4 is 5.73 Å². The van der Waals surface area contributed by atoms with E-state index in [0.29, 0.717) is 6.54 Å². The molecule has 0 saturated carbocycles. The Morgan fingerprint density at radius 2 is 2.00 bits per heavy atom. The van der Waals surface area contributed by atoms with E-state index >= 15 is 0 Å². The number of rotatable bonds is 3. The standard InChI is InChI=1S/C10H14FN.ClH/c1-2-8(7-12)9-5-3-4-6-10(9)11;/h3-6,8H,2,7,12H2,1H3;1H. The van der Waals surface area contributed by atoms with E-state index in [4.69, 9.17) is 5.73 Å². The average molecular weight is 204 g/mol. The van der Waals surface area contributed by atoms with Gasteiger partial charge in [-0.05, 0) is 30.5 Å². The normalized spacial score (nSPS) is 11.9. The number of hydrogen-bond donors (Lipinski definition) is 1. The maximum absolute atomic E-state index is 13.2. The second-order valence-corrected chi connectivity index (χ2v) is 2.86. The Bertz CT molecular complexity index is 248. The van der Waals surface area contributed by atoms with Crippen molar-refractivity contribution in [2.75, 3.05) is 6.54 Å². The van der Waals surface area contributed by atoms with Crippen LogP contribution in [0.5, 0.6) is 0 Å². The summed E-state index contributed by atoms with van der Waals surface area (Å²) in [5.41, 5.74) is 6.26. The third kappa shape index (κ3) is 2.98. The third-order valence-corrected chi connectivity index (χ3v) is 2.12. The molecular weight excluding hydrogens is 189 g/mol. The van der Waals surface area contributed by atoms with Gasteiger partial charge in [0.15, 0.2) is 0 Å². The van der Waals surface area contributed by atoms with Gasteiger partial charge >= 0.3 is 0 Å². The van der Waals surface area contributed by atoms with E-state index in [1.165, 1.54) is 6.07 Å². The molecule has 0 aliphatic carbocycles. The van der Waals surface area contributed by atoms with Crippen LogP contribution in [-0.2, 0) is 0 Å².